The molecule has 24 heavy (non-hydrogen) atoms. The van der Waals surface area contributed by atoms with Gasteiger partial charge >= 0.3 is 0 Å². The monoisotopic (exact) mass is 328 g/mol. The van der Waals surface area contributed by atoms with E-state index in [2.05, 4.69) is 9.88 Å². The molecule has 0 unspecified atom stereocenters. The average molecular weight is 328 g/mol. The molecule has 1 spiro atoms. The highest BCUT2D eigenvalue weighted by Gasteiger charge is 2.43. The lowest BCUT2D eigenvalue weighted by atomic mass is 9.89. The number of pyridine rings is 1. The Hall–Kier alpha value is -1.69. The predicted molar refractivity (Wildman–Crippen MR) is 89.3 cm³/mol. The molecule has 0 amide bonds. The van der Waals surface area contributed by atoms with Gasteiger partial charge in [0.2, 0.25) is 0 Å². The first-order chi connectivity index (χ1) is 11.8. The number of rotatable bonds is 5. The lowest BCUT2D eigenvalue weighted by Gasteiger charge is -2.39. The highest BCUT2D eigenvalue weighted by atomic mass is 16.6. The van der Waals surface area contributed by atoms with Gasteiger partial charge in [-0.3, -0.25) is 9.88 Å². The maximum absolute atomic E-state index is 6.22. The summed E-state index contributed by atoms with van der Waals surface area (Å²) in [6.45, 7) is 4.27. The van der Waals surface area contributed by atoms with Gasteiger partial charge in [-0.25, -0.2) is 0 Å². The summed E-state index contributed by atoms with van der Waals surface area (Å²) in [6, 6.07) is 7.95. The van der Waals surface area contributed by atoms with Crippen molar-refractivity contribution >= 4 is 0 Å². The van der Waals surface area contributed by atoms with Crippen LogP contribution >= 0.6 is 0 Å². The molecule has 0 aliphatic carbocycles. The van der Waals surface area contributed by atoms with E-state index in [-0.39, 0.29) is 11.7 Å². The summed E-state index contributed by atoms with van der Waals surface area (Å²) in [6.07, 6.45) is 8.81. The van der Waals surface area contributed by atoms with E-state index in [0.717, 1.165) is 38.2 Å². The summed E-state index contributed by atoms with van der Waals surface area (Å²) < 4.78 is 17.4. The largest absolute Gasteiger partial charge is 0.472 e. The van der Waals surface area contributed by atoms with Crippen LogP contribution in [-0.2, 0) is 22.6 Å². The van der Waals surface area contributed by atoms with E-state index in [1.54, 1.807) is 12.5 Å². The zero-order chi connectivity index (χ0) is 16.2. The molecule has 2 atom stereocenters. The highest BCUT2D eigenvalue weighted by molar-refractivity contribution is 5.06. The van der Waals surface area contributed by atoms with Crippen molar-refractivity contribution in [2.45, 2.75) is 44.1 Å². The Bertz CT molecular complexity index is 631. The summed E-state index contributed by atoms with van der Waals surface area (Å²) in [5, 5.41) is 0. The third kappa shape index (κ3) is 3.69. The van der Waals surface area contributed by atoms with Gasteiger partial charge in [0.05, 0.1) is 43.1 Å². The van der Waals surface area contributed by atoms with Crippen LogP contribution in [0.25, 0.3) is 0 Å². The van der Waals surface area contributed by atoms with Crippen molar-refractivity contribution in [2.75, 3.05) is 19.7 Å². The summed E-state index contributed by atoms with van der Waals surface area (Å²) in [4.78, 5) is 6.78. The third-order valence-electron chi connectivity index (χ3n) is 4.97. The van der Waals surface area contributed by atoms with E-state index in [0.29, 0.717) is 13.2 Å². The Morgan fingerprint density at radius 1 is 1.33 bits per heavy atom. The van der Waals surface area contributed by atoms with E-state index in [1.807, 2.05) is 30.5 Å². The number of furan rings is 1. The van der Waals surface area contributed by atoms with Crippen molar-refractivity contribution in [1.82, 2.24) is 9.88 Å². The Morgan fingerprint density at radius 2 is 2.33 bits per heavy atom. The molecule has 4 heterocycles. The van der Waals surface area contributed by atoms with Gasteiger partial charge in [0.15, 0.2) is 0 Å². The summed E-state index contributed by atoms with van der Waals surface area (Å²) >= 11 is 0. The summed E-state index contributed by atoms with van der Waals surface area (Å²) in [5.41, 5.74) is 2.16. The molecule has 0 radical (unpaired) electrons. The van der Waals surface area contributed by atoms with E-state index in [1.165, 1.54) is 12.0 Å². The van der Waals surface area contributed by atoms with E-state index >= 15 is 0 Å². The topological polar surface area (TPSA) is 47.7 Å². The molecular weight excluding hydrogens is 304 g/mol. The van der Waals surface area contributed by atoms with Gasteiger partial charge < -0.3 is 13.9 Å². The Labute approximate surface area is 142 Å². The van der Waals surface area contributed by atoms with Crippen LogP contribution in [0.2, 0.25) is 0 Å². The first-order valence-electron chi connectivity index (χ1n) is 8.70. The maximum atomic E-state index is 6.22. The average Bonchev–Trinajstić information content (AvgIpc) is 3.25. The molecule has 2 aromatic heterocycles. The second-order valence-corrected chi connectivity index (χ2v) is 6.90. The van der Waals surface area contributed by atoms with Crippen molar-refractivity contribution < 1.29 is 13.9 Å². The van der Waals surface area contributed by atoms with Gasteiger partial charge in [-0.1, -0.05) is 6.07 Å². The molecule has 4 rings (SSSR count). The van der Waals surface area contributed by atoms with Crippen molar-refractivity contribution in [3.63, 3.8) is 0 Å². The maximum Gasteiger partial charge on any atom is 0.0947 e. The predicted octanol–water partition coefficient (Wildman–Crippen LogP) is 3.01. The smallest absolute Gasteiger partial charge is 0.0947 e. The number of hydrogen-bond acceptors (Lipinski definition) is 5. The molecule has 128 valence electrons. The normalized spacial score (nSPS) is 27.8. The van der Waals surface area contributed by atoms with Crippen LogP contribution in [0, 0.1) is 0 Å². The number of ether oxygens (including phenoxy) is 2. The molecule has 2 aromatic rings. The second-order valence-electron chi connectivity index (χ2n) is 6.90. The quantitative estimate of drug-likeness (QED) is 0.844. The fourth-order valence-electron chi connectivity index (χ4n) is 3.85. The first kappa shape index (κ1) is 15.8. The van der Waals surface area contributed by atoms with Crippen LogP contribution in [0.4, 0.5) is 0 Å². The minimum atomic E-state index is -0.0449. The van der Waals surface area contributed by atoms with Crippen LogP contribution in [-0.4, -0.2) is 41.3 Å². The molecule has 0 N–H and O–H groups in total. The van der Waals surface area contributed by atoms with Crippen LogP contribution in [0.5, 0.6) is 0 Å². The van der Waals surface area contributed by atoms with Gasteiger partial charge in [-0.05, 0) is 37.6 Å². The fraction of sp³-hybridized carbons (Fsp3) is 0.526. The Kier molecular flexibility index (Phi) is 4.65. The van der Waals surface area contributed by atoms with Crippen molar-refractivity contribution in [2.24, 2.45) is 0 Å². The molecule has 5 nitrogen and oxygen atoms in total. The minimum Gasteiger partial charge on any atom is -0.472 e. The number of nitrogens with zero attached hydrogens (tertiary/aromatic N) is 2. The van der Waals surface area contributed by atoms with Crippen LogP contribution < -0.4 is 0 Å². The number of hydrogen-bond donors (Lipinski definition) is 0. The van der Waals surface area contributed by atoms with Crippen molar-refractivity contribution in [3.8, 4) is 0 Å². The standard InChI is InChI=1S/C19H24N2O3/c1-2-7-20-17(4-1)13-23-18-10-19(24-14-18)6-3-8-21(15-19)11-16-5-9-22-12-16/h1-2,4-5,7,9,12,18H,3,6,8,10-11,13-15H2/t18-,19+/m1/s1. The van der Waals surface area contributed by atoms with E-state index in [9.17, 15) is 0 Å². The number of likely N-dealkylation sites (tertiary alicyclic amines) is 1. The highest BCUT2D eigenvalue weighted by Crippen LogP contribution is 2.36. The lowest BCUT2D eigenvalue weighted by molar-refractivity contribution is -0.0548. The zero-order valence-corrected chi connectivity index (χ0v) is 13.9. The lowest BCUT2D eigenvalue weighted by Crippen LogP contribution is -2.47. The van der Waals surface area contributed by atoms with Gasteiger partial charge in [-0.2, -0.15) is 0 Å². The van der Waals surface area contributed by atoms with Gasteiger partial charge in [0.25, 0.3) is 0 Å². The second kappa shape index (κ2) is 7.05. The molecule has 5 heteroatoms. The molecule has 0 saturated carbocycles. The van der Waals surface area contributed by atoms with Crippen LogP contribution in [0.1, 0.15) is 30.5 Å². The molecule has 0 aromatic carbocycles. The minimum absolute atomic E-state index is 0.0449. The molecule has 2 fully saturated rings. The molecular formula is C19H24N2O3. The fourth-order valence-corrected chi connectivity index (χ4v) is 3.85. The van der Waals surface area contributed by atoms with Crippen molar-refractivity contribution in [3.05, 3.63) is 54.2 Å². The molecule has 2 saturated heterocycles. The van der Waals surface area contributed by atoms with E-state index in [4.69, 9.17) is 13.9 Å². The van der Waals surface area contributed by atoms with Gasteiger partial charge in [-0.15, -0.1) is 0 Å². The molecule has 2 aliphatic heterocycles. The Balaban J connectivity index is 1.31. The molecule has 2 aliphatic rings. The number of piperidine rings is 1. The van der Waals surface area contributed by atoms with Gasteiger partial charge in [0, 0.05) is 31.3 Å². The third-order valence-corrected chi connectivity index (χ3v) is 4.97. The van der Waals surface area contributed by atoms with Crippen LogP contribution in [0.3, 0.4) is 0 Å². The molecule has 0 bridgehead atoms. The van der Waals surface area contributed by atoms with Gasteiger partial charge in [0.1, 0.15) is 0 Å². The first-order valence-corrected chi connectivity index (χ1v) is 8.70. The summed E-state index contributed by atoms with van der Waals surface area (Å²) in [5.74, 6) is 0. The van der Waals surface area contributed by atoms with Crippen LogP contribution in [0.15, 0.2) is 47.4 Å². The Morgan fingerprint density at radius 3 is 3.17 bits per heavy atom. The van der Waals surface area contributed by atoms with E-state index < -0.39 is 0 Å². The zero-order valence-electron chi connectivity index (χ0n) is 13.9. The van der Waals surface area contributed by atoms with Crippen molar-refractivity contribution in [1.29, 1.82) is 0 Å². The number of aromatic nitrogens is 1. The SMILES string of the molecule is c1ccc(CO[C@H]2CO[C@@]3(CCCN(Cc4ccoc4)C3)C2)nc1. The summed E-state index contributed by atoms with van der Waals surface area (Å²) in [7, 11) is 0.